The first-order chi connectivity index (χ1) is 18.6. The highest BCUT2D eigenvalue weighted by atomic mass is 35.5. The molecular weight excluding hydrogens is 541 g/mol. The summed E-state index contributed by atoms with van der Waals surface area (Å²) in [5.74, 6) is -1.50. The number of benzene rings is 3. The number of hydrogen-bond donors (Lipinski definition) is 1. The average molecular weight is 574 g/mol. The van der Waals surface area contributed by atoms with Gasteiger partial charge in [0.15, 0.2) is 0 Å². The first-order valence-corrected chi connectivity index (χ1v) is 14.6. The molecule has 2 atom stereocenters. The van der Waals surface area contributed by atoms with Crippen LogP contribution in [-0.4, -0.2) is 43.8 Å². The fraction of sp³-hybridized carbons (Fsp3) is 0.310. The minimum Gasteiger partial charge on any atom is -0.352 e. The number of halogens is 2. The SMILES string of the molecule is CC[C@H](C)NC(=O)[C@H](CC)N(Cc1ccccc1Cl)C(=O)CN(c1ccccc1)S(=O)(=O)c1ccc(F)cc1. The summed E-state index contributed by atoms with van der Waals surface area (Å²) >= 11 is 6.40. The first-order valence-electron chi connectivity index (χ1n) is 12.7. The molecule has 2 amide bonds. The summed E-state index contributed by atoms with van der Waals surface area (Å²) in [5.41, 5.74) is 0.875. The van der Waals surface area contributed by atoms with Gasteiger partial charge in [-0.15, -0.1) is 0 Å². The first kappa shape index (κ1) is 30.1. The monoisotopic (exact) mass is 573 g/mol. The van der Waals surface area contributed by atoms with Crippen LogP contribution in [0.1, 0.15) is 39.2 Å². The third-order valence-electron chi connectivity index (χ3n) is 6.41. The Labute approximate surface area is 234 Å². The van der Waals surface area contributed by atoms with Gasteiger partial charge in [-0.25, -0.2) is 12.8 Å². The number of rotatable bonds is 12. The number of sulfonamides is 1. The van der Waals surface area contributed by atoms with Crippen LogP contribution in [0, 0.1) is 5.82 Å². The molecule has 0 fully saturated rings. The molecule has 39 heavy (non-hydrogen) atoms. The van der Waals surface area contributed by atoms with E-state index < -0.39 is 34.3 Å². The van der Waals surface area contributed by atoms with Gasteiger partial charge in [0.05, 0.1) is 10.6 Å². The van der Waals surface area contributed by atoms with Crippen LogP contribution >= 0.6 is 11.6 Å². The molecule has 3 aromatic rings. The fourth-order valence-electron chi connectivity index (χ4n) is 4.03. The van der Waals surface area contributed by atoms with Crippen molar-refractivity contribution in [2.45, 2.75) is 57.1 Å². The Morgan fingerprint density at radius 2 is 1.54 bits per heavy atom. The van der Waals surface area contributed by atoms with Crippen molar-refractivity contribution in [1.82, 2.24) is 10.2 Å². The number of nitrogens with one attached hydrogen (secondary N) is 1. The van der Waals surface area contributed by atoms with Gasteiger partial charge in [0.1, 0.15) is 18.4 Å². The summed E-state index contributed by atoms with van der Waals surface area (Å²) < 4.78 is 41.9. The van der Waals surface area contributed by atoms with Gasteiger partial charge in [-0.3, -0.25) is 13.9 Å². The molecule has 0 saturated heterocycles. The van der Waals surface area contributed by atoms with Crippen LogP contribution in [0.2, 0.25) is 5.02 Å². The molecule has 0 aliphatic heterocycles. The van der Waals surface area contributed by atoms with Gasteiger partial charge >= 0.3 is 0 Å². The van der Waals surface area contributed by atoms with Crippen molar-refractivity contribution in [3.8, 4) is 0 Å². The lowest BCUT2D eigenvalue weighted by Gasteiger charge is -2.34. The van der Waals surface area contributed by atoms with E-state index >= 15 is 0 Å². The van der Waals surface area contributed by atoms with Gasteiger partial charge in [0.2, 0.25) is 11.8 Å². The second kappa shape index (κ2) is 13.6. The van der Waals surface area contributed by atoms with Gasteiger partial charge in [0.25, 0.3) is 10.0 Å². The summed E-state index contributed by atoms with van der Waals surface area (Å²) in [5, 5.41) is 3.35. The second-order valence-electron chi connectivity index (χ2n) is 9.16. The maximum absolute atomic E-state index is 14.0. The van der Waals surface area contributed by atoms with E-state index in [2.05, 4.69) is 5.32 Å². The number of nitrogens with zero attached hydrogens (tertiary/aromatic N) is 2. The second-order valence-corrected chi connectivity index (χ2v) is 11.4. The van der Waals surface area contributed by atoms with E-state index in [4.69, 9.17) is 11.6 Å². The molecular formula is C29H33ClFN3O4S. The quantitative estimate of drug-likeness (QED) is 0.314. The standard InChI is InChI=1S/C29H33ClFN3O4S/c1-4-21(3)32-29(36)27(5-2)33(19-22-11-9-10-14-26(22)30)28(35)20-34(24-12-7-6-8-13-24)39(37,38)25-17-15-23(31)16-18-25/h6-18,21,27H,4-5,19-20H2,1-3H3,(H,32,36)/t21-,27-/m0/s1. The van der Waals surface area contributed by atoms with Crippen LogP contribution in [-0.2, 0) is 26.2 Å². The molecule has 0 heterocycles. The maximum atomic E-state index is 14.0. The van der Waals surface area contributed by atoms with Crippen molar-refractivity contribution in [2.75, 3.05) is 10.8 Å². The number of anilines is 1. The fourth-order valence-corrected chi connectivity index (χ4v) is 5.64. The molecule has 0 radical (unpaired) electrons. The minimum atomic E-state index is -4.26. The largest absolute Gasteiger partial charge is 0.352 e. The van der Waals surface area contributed by atoms with Crippen molar-refractivity contribution in [3.63, 3.8) is 0 Å². The van der Waals surface area contributed by atoms with Gasteiger partial charge < -0.3 is 10.2 Å². The van der Waals surface area contributed by atoms with Crippen molar-refractivity contribution in [1.29, 1.82) is 0 Å². The Morgan fingerprint density at radius 3 is 2.13 bits per heavy atom. The smallest absolute Gasteiger partial charge is 0.264 e. The van der Waals surface area contributed by atoms with Crippen molar-refractivity contribution in [2.24, 2.45) is 0 Å². The molecule has 3 rings (SSSR count). The molecule has 0 unspecified atom stereocenters. The Kier molecular flexibility index (Phi) is 10.5. The zero-order valence-corrected chi connectivity index (χ0v) is 23.8. The maximum Gasteiger partial charge on any atom is 0.264 e. The summed E-state index contributed by atoms with van der Waals surface area (Å²) in [6.07, 6.45) is 1.01. The number of carbonyl (C=O) groups excluding carboxylic acids is 2. The van der Waals surface area contributed by atoms with Gasteiger partial charge in [-0.2, -0.15) is 0 Å². The van der Waals surface area contributed by atoms with Crippen LogP contribution in [0.5, 0.6) is 0 Å². The van der Waals surface area contributed by atoms with Gasteiger partial charge in [0, 0.05) is 17.6 Å². The Balaban J connectivity index is 2.04. The molecule has 0 aromatic heterocycles. The lowest BCUT2D eigenvalue weighted by atomic mass is 10.1. The molecule has 0 bridgehead atoms. The van der Waals surface area contributed by atoms with Crippen LogP contribution in [0.25, 0.3) is 0 Å². The summed E-state index contributed by atoms with van der Waals surface area (Å²) in [6.45, 7) is 5.03. The molecule has 3 aromatic carbocycles. The minimum absolute atomic E-state index is 0.00413. The highest BCUT2D eigenvalue weighted by molar-refractivity contribution is 7.92. The highest BCUT2D eigenvalue weighted by Crippen LogP contribution is 2.26. The van der Waals surface area contributed by atoms with E-state index in [9.17, 15) is 22.4 Å². The molecule has 10 heteroatoms. The average Bonchev–Trinajstić information content (AvgIpc) is 2.93. The third-order valence-corrected chi connectivity index (χ3v) is 8.57. The topological polar surface area (TPSA) is 86.8 Å². The summed E-state index contributed by atoms with van der Waals surface area (Å²) in [4.78, 5) is 28.4. The van der Waals surface area contributed by atoms with Crippen molar-refractivity contribution >= 4 is 39.1 Å². The van der Waals surface area contributed by atoms with E-state index in [1.54, 1.807) is 61.5 Å². The van der Waals surface area contributed by atoms with Crippen molar-refractivity contribution < 1.29 is 22.4 Å². The molecule has 0 aliphatic carbocycles. The summed E-state index contributed by atoms with van der Waals surface area (Å²) in [7, 11) is -4.26. The molecule has 7 nitrogen and oxygen atoms in total. The zero-order chi connectivity index (χ0) is 28.6. The van der Waals surface area contributed by atoms with E-state index in [0.717, 1.165) is 28.6 Å². The predicted octanol–water partition coefficient (Wildman–Crippen LogP) is 5.40. The summed E-state index contributed by atoms with van der Waals surface area (Å²) in [6, 6.07) is 18.6. The highest BCUT2D eigenvalue weighted by Gasteiger charge is 2.34. The molecule has 208 valence electrons. The van der Waals surface area contributed by atoms with Crippen LogP contribution in [0.15, 0.2) is 83.8 Å². The van der Waals surface area contributed by atoms with Gasteiger partial charge in [-0.1, -0.05) is 61.8 Å². The molecule has 0 saturated carbocycles. The van der Waals surface area contributed by atoms with E-state index in [-0.39, 0.29) is 29.1 Å². The number of amides is 2. The van der Waals surface area contributed by atoms with E-state index in [0.29, 0.717) is 23.4 Å². The third kappa shape index (κ3) is 7.58. The lowest BCUT2D eigenvalue weighted by molar-refractivity contribution is -0.140. The number of hydrogen-bond acceptors (Lipinski definition) is 4. The normalized spacial score (nSPS) is 12.8. The van der Waals surface area contributed by atoms with E-state index in [1.807, 2.05) is 13.8 Å². The zero-order valence-electron chi connectivity index (χ0n) is 22.2. The van der Waals surface area contributed by atoms with Crippen LogP contribution in [0.3, 0.4) is 0 Å². The predicted molar refractivity (Wildman–Crippen MR) is 151 cm³/mol. The van der Waals surface area contributed by atoms with Gasteiger partial charge in [-0.05, 0) is 67.8 Å². The lowest BCUT2D eigenvalue weighted by Crippen LogP contribution is -2.53. The molecule has 0 spiro atoms. The van der Waals surface area contributed by atoms with Crippen LogP contribution < -0.4 is 9.62 Å². The van der Waals surface area contributed by atoms with Crippen molar-refractivity contribution in [3.05, 3.63) is 95.3 Å². The number of para-hydroxylation sites is 1. The van der Waals surface area contributed by atoms with E-state index in [1.165, 1.54) is 4.90 Å². The molecule has 0 aliphatic rings. The Morgan fingerprint density at radius 1 is 0.923 bits per heavy atom. The Bertz CT molecular complexity index is 1370. The number of carbonyl (C=O) groups is 2. The van der Waals surface area contributed by atoms with Crippen LogP contribution in [0.4, 0.5) is 10.1 Å². The Hall–Kier alpha value is -3.43. The molecule has 1 N–H and O–H groups in total.